The lowest BCUT2D eigenvalue weighted by atomic mass is 10.2. The Morgan fingerprint density at radius 1 is 1.08 bits per heavy atom. The molecule has 4 nitrogen and oxygen atoms in total. The van der Waals surface area contributed by atoms with Gasteiger partial charge in [-0.05, 0) is 19.1 Å². The van der Waals surface area contributed by atoms with Crippen LogP contribution in [0.2, 0.25) is 0 Å². The Kier molecular flexibility index (Phi) is 5.61. The predicted molar refractivity (Wildman–Crippen MR) is 100 cm³/mol. The summed E-state index contributed by atoms with van der Waals surface area (Å²) in [6.45, 7) is 2.04. The molecule has 6 heteroatoms. The number of benzene rings is 2. The quantitative estimate of drug-likeness (QED) is 0.655. The lowest BCUT2D eigenvalue weighted by Gasteiger charge is -2.01. The molecule has 0 fully saturated rings. The van der Waals surface area contributed by atoms with Crippen LogP contribution in [0.1, 0.15) is 12.0 Å². The summed E-state index contributed by atoms with van der Waals surface area (Å²) in [6.07, 6.45) is 0.443. The Hall–Kier alpha value is -2.18. The molecule has 0 spiro atoms. The largest absolute Gasteiger partial charge is 0.300 e. The van der Waals surface area contributed by atoms with E-state index in [1.165, 1.54) is 21.8 Å². The fourth-order valence-corrected chi connectivity index (χ4v) is 3.68. The fraction of sp³-hybridized carbons (Fsp3) is 0.167. The molecular formula is C18H17N3OS2. The second-order valence-corrected chi connectivity index (χ2v) is 7.38. The number of aryl methyl sites for hydroxylation is 1. The summed E-state index contributed by atoms with van der Waals surface area (Å²) in [4.78, 5) is 13.2. The van der Waals surface area contributed by atoms with E-state index in [1.54, 1.807) is 11.8 Å². The van der Waals surface area contributed by atoms with Crippen LogP contribution in [0.3, 0.4) is 0 Å². The first kappa shape index (κ1) is 16.7. The Balaban J connectivity index is 1.51. The van der Waals surface area contributed by atoms with Crippen LogP contribution >= 0.6 is 23.1 Å². The van der Waals surface area contributed by atoms with Crippen molar-refractivity contribution in [2.75, 3.05) is 11.1 Å². The molecule has 0 saturated carbocycles. The van der Waals surface area contributed by atoms with Gasteiger partial charge in [-0.3, -0.25) is 4.79 Å². The first-order valence-electron chi connectivity index (χ1n) is 7.59. The maximum absolute atomic E-state index is 12.0. The molecule has 1 N–H and O–H groups in total. The van der Waals surface area contributed by atoms with Crippen molar-refractivity contribution in [2.24, 2.45) is 0 Å². The zero-order chi connectivity index (χ0) is 16.8. The number of amides is 1. The molecule has 3 rings (SSSR count). The van der Waals surface area contributed by atoms with Crippen molar-refractivity contribution in [3.63, 3.8) is 0 Å². The predicted octanol–water partition coefficient (Wildman–Crippen LogP) is 4.63. The van der Waals surface area contributed by atoms with E-state index in [4.69, 9.17) is 0 Å². The van der Waals surface area contributed by atoms with Gasteiger partial charge in [-0.2, -0.15) is 0 Å². The maximum Gasteiger partial charge on any atom is 0.227 e. The van der Waals surface area contributed by atoms with E-state index in [2.05, 4.69) is 15.5 Å². The molecule has 122 valence electrons. The summed E-state index contributed by atoms with van der Waals surface area (Å²) in [5.41, 5.74) is 2.21. The molecule has 24 heavy (non-hydrogen) atoms. The summed E-state index contributed by atoms with van der Waals surface area (Å²) in [7, 11) is 0. The van der Waals surface area contributed by atoms with Crippen LogP contribution in [-0.4, -0.2) is 21.9 Å². The van der Waals surface area contributed by atoms with Gasteiger partial charge in [0.25, 0.3) is 0 Å². The summed E-state index contributed by atoms with van der Waals surface area (Å²) in [5, 5.41) is 12.4. The van der Waals surface area contributed by atoms with Crippen LogP contribution < -0.4 is 5.32 Å². The number of thioether (sulfide) groups is 1. The van der Waals surface area contributed by atoms with Crippen molar-refractivity contribution in [1.29, 1.82) is 0 Å². The SMILES string of the molecule is Cc1ccc(-c2nnc(NC(=O)CCSc3ccccc3)s2)cc1. The smallest absolute Gasteiger partial charge is 0.227 e. The van der Waals surface area contributed by atoms with E-state index < -0.39 is 0 Å². The number of nitrogens with zero attached hydrogens (tertiary/aromatic N) is 2. The minimum Gasteiger partial charge on any atom is -0.300 e. The molecule has 0 aliphatic carbocycles. The van der Waals surface area contributed by atoms with Crippen LogP contribution in [0.15, 0.2) is 59.5 Å². The third-order valence-corrected chi connectivity index (χ3v) is 5.21. The molecule has 1 aromatic heterocycles. The van der Waals surface area contributed by atoms with E-state index in [-0.39, 0.29) is 5.91 Å². The molecule has 0 aliphatic rings. The third-order valence-electron chi connectivity index (χ3n) is 3.31. The highest BCUT2D eigenvalue weighted by molar-refractivity contribution is 7.99. The topological polar surface area (TPSA) is 54.9 Å². The average molecular weight is 355 g/mol. The molecule has 0 unspecified atom stereocenters. The minimum atomic E-state index is -0.0370. The van der Waals surface area contributed by atoms with Gasteiger partial charge in [0.15, 0.2) is 0 Å². The van der Waals surface area contributed by atoms with Gasteiger partial charge in [-0.15, -0.1) is 22.0 Å². The van der Waals surface area contributed by atoms with Gasteiger partial charge in [0.05, 0.1) is 0 Å². The van der Waals surface area contributed by atoms with Crippen molar-refractivity contribution in [3.05, 3.63) is 60.2 Å². The Morgan fingerprint density at radius 3 is 2.58 bits per heavy atom. The molecule has 0 atom stereocenters. The first-order chi connectivity index (χ1) is 11.7. The highest BCUT2D eigenvalue weighted by atomic mass is 32.2. The molecule has 1 heterocycles. The molecule has 1 amide bonds. The number of nitrogens with one attached hydrogen (secondary N) is 1. The van der Waals surface area contributed by atoms with Gasteiger partial charge in [0.1, 0.15) is 5.01 Å². The van der Waals surface area contributed by atoms with Crippen LogP contribution in [0.4, 0.5) is 5.13 Å². The molecule has 0 bridgehead atoms. The maximum atomic E-state index is 12.0. The Bertz CT molecular complexity index is 801. The van der Waals surface area contributed by atoms with Crippen LogP contribution in [-0.2, 0) is 4.79 Å². The number of carbonyl (C=O) groups excluding carboxylic acids is 1. The van der Waals surface area contributed by atoms with Crippen molar-refractivity contribution >= 4 is 34.1 Å². The van der Waals surface area contributed by atoms with Gasteiger partial charge < -0.3 is 5.32 Å². The normalized spacial score (nSPS) is 10.5. The number of anilines is 1. The number of aromatic nitrogens is 2. The lowest BCUT2D eigenvalue weighted by molar-refractivity contribution is -0.115. The number of carbonyl (C=O) groups is 1. The van der Waals surface area contributed by atoms with Gasteiger partial charge in [0.2, 0.25) is 11.0 Å². The van der Waals surface area contributed by atoms with E-state index >= 15 is 0 Å². The third kappa shape index (κ3) is 4.66. The highest BCUT2D eigenvalue weighted by Crippen LogP contribution is 2.26. The van der Waals surface area contributed by atoms with E-state index in [0.29, 0.717) is 11.6 Å². The number of hydrogen-bond donors (Lipinski definition) is 1. The number of rotatable bonds is 6. The molecule has 0 aliphatic heterocycles. The van der Waals surface area contributed by atoms with Crippen LogP contribution in [0.5, 0.6) is 0 Å². The summed E-state index contributed by atoms with van der Waals surface area (Å²) < 4.78 is 0. The Morgan fingerprint density at radius 2 is 1.83 bits per heavy atom. The van der Waals surface area contributed by atoms with Crippen molar-refractivity contribution < 1.29 is 4.79 Å². The summed E-state index contributed by atoms with van der Waals surface area (Å²) in [5.74, 6) is 0.699. The fourth-order valence-electron chi connectivity index (χ4n) is 2.05. The molecule has 2 aromatic carbocycles. The van der Waals surface area contributed by atoms with E-state index in [9.17, 15) is 4.79 Å². The second-order valence-electron chi connectivity index (χ2n) is 5.24. The van der Waals surface area contributed by atoms with Crippen molar-refractivity contribution in [3.8, 4) is 10.6 Å². The van der Waals surface area contributed by atoms with Gasteiger partial charge in [-0.1, -0.05) is 59.4 Å². The summed E-state index contributed by atoms with van der Waals surface area (Å²) in [6, 6.07) is 18.2. The zero-order valence-corrected chi connectivity index (χ0v) is 14.9. The van der Waals surface area contributed by atoms with E-state index in [0.717, 1.165) is 16.3 Å². The molecule has 3 aromatic rings. The monoisotopic (exact) mass is 355 g/mol. The molecule has 0 radical (unpaired) electrons. The molecule has 0 saturated heterocycles. The van der Waals surface area contributed by atoms with Crippen LogP contribution in [0.25, 0.3) is 10.6 Å². The van der Waals surface area contributed by atoms with Crippen LogP contribution in [0, 0.1) is 6.92 Å². The average Bonchev–Trinajstić information content (AvgIpc) is 3.05. The first-order valence-corrected chi connectivity index (χ1v) is 9.39. The van der Waals surface area contributed by atoms with Gasteiger partial charge in [0, 0.05) is 22.6 Å². The Labute approximate surface area is 149 Å². The van der Waals surface area contributed by atoms with Crippen molar-refractivity contribution in [2.45, 2.75) is 18.2 Å². The molecular weight excluding hydrogens is 338 g/mol. The number of hydrogen-bond acceptors (Lipinski definition) is 5. The highest BCUT2D eigenvalue weighted by Gasteiger charge is 2.09. The standard InChI is InChI=1S/C18H17N3OS2/c1-13-7-9-14(10-8-13)17-20-21-18(24-17)19-16(22)11-12-23-15-5-3-2-4-6-15/h2-10H,11-12H2,1H3,(H,19,21,22). The lowest BCUT2D eigenvalue weighted by Crippen LogP contribution is -2.11. The zero-order valence-electron chi connectivity index (χ0n) is 13.2. The van der Waals surface area contributed by atoms with Crippen molar-refractivity contribution in [1.82, 2.24) is 10.2 Å². The van der Waals surface area contributed by atoms with E-state index in [1.807, 2.05) is 61.5 Å². The summed E-state index contributed by atoms with van der Waals surface area (Å²) >= 11 is 3.06. The minimum absolute atomic E-state index is 0.0370. The van der Waals surface area contributed by atoms with Gasteiger partial charge in [-0.25, -0.2) is 0 Å². The second kappa shape index (κ2) is 8.08. The van der Waals surface area contributed by atoms with Gasteiger partial charge >= 0.3 is 0 Å².